The Morgan fingerprint density at radius 3 is 1.88 bits per heavy atom. The first kappa shape index (κ1) is 10.9. The molecule has 0 aromatic heterocycles. The summed E-state index contributed by atoms with van der Waals surface area (Å²) < 4.78 is 0. The lowest BCUT2D eigenvalue weighted by atomic mass is 10.2. The fraction of sp³-hybridized carbons (Fsp3) is 0.0667. The molecule has 78 valence electrons. The van der Waals surface area contributed by atoms with Crippen molar-refractivity contribution in [3.8, 4) is 11.8 Å². The van der Waals surface area contributed by atoms with Crippen LogP contribution in [-0.2, 0) is 0 Å². The number of hydrogen-bond acceptors (Lipinski definition) is 1. The van der Waals surface area contributed by atoms with Crippen LogP contribution in [0.1, 0.15) is 11.1 Å². The molecule has 0 heterocycles. The highest BCUT2D eigenvalue weighted by Gasteiger charge is 1.89. The first-order valence-corrected chi connectivity index (χ1v) is 6.32. The maximum absolute atomic E-state index is 3.15. The summed E-state index contributed by atoms with van der Waals surface area (Å²) in [7, 11) is 0. The molecule has 0 saturated carbocycles. The fourth-order valence-corrected chi connectivity index (χ4v) is 1.75. The van der Waals surface area contributed by atoms with E-state index in [1.807, 2.05) is 30.3 Å². The Hall–Kier alpha value is -1.65. The molecule has 0 atom stereocenters. The molecule has 0 unspecified atom stereocenters. The van der Waals surface area contributed by atoms with Crippen LogP contribution in [0.15, 0.2) is 59.5 Å². The van der Waals surface area contributed by atoms with E-state index in [2.05, 4.69) is 42.4 Å². The van der Waals surface area contributed by atoms with Gasteiger partial charge in [-0.15, -0.1) is 11.8 Å². The van der Waals surface area contributed by atoms with Gasteiger partial charge in [-0.25, -0.2) is 0 Å². The molecule has 0 saturated heterocycles. The third kappa shape index (κ3) is 2.92. The summed E-state index contributed by atoms with van der Waals surface area (Å²) in [6, 6.07) is 18.3. The smallest absolute Gasteiger partial charge is 0.0249 e. The van der Waals surface area contributed by atoms with Crippen molar-refractivity contribution in [2.75, 3.05) is 6.26 Å². The van der Waals surface area contributed by atoms with E-state index in [-0.39, 0.29) is 0 Å². The number of thioether (sulfide) groups is 1. The van der Waals surface area contributed by atoms with Gasteiger partial charge in [-0.05, 0) is 42.7 Å². The highest BCUT2D eigenvalue weighted by atomic mass is 32.2. The van der Waals surface area contributed by atoms with Gasteiger partial charge in [-0.1, -0.05) is 30.0 Å². The van der Waals surface area contributed by atoms with E-state index in [9.17, 15) is 0 Å². The molecular weight excluding hydrogens is 212 g/mol. The minimum absolute atomic E-state index is 1.05. The summed E-state index contributed by atoms with van der Waals surface area (Å²) in [6.45, 7) is 0. The third-order valence-electron chi connectivity index (χ3n) is 2.21. The minimum atomic E-state index is 1.05. The van der Waals surface area contributed by atoms with E-state index in [4.69, 9.17) is 0 Å². The van der Waals surface area contributed by atoms with Crippen LogP contribution in [0.4, 0.5) is 0 Å². The maximum Gasteiger partial charge on any atom is 0.0249 e. The van der Waals surface area contributed by atoms with Crippen LogP contribution < -0.4 is 0 Å². The second-order valence-electron chi connectivity index (χ2n) is 3.34. The molecule has 0 bridgehead atoms. The second-order valence-corrected chi connectivity index (χ2v) is 4.22. The molecular formula is C15H12S. The minimum Gasteiger partial charge on any atom is -0.130 e. The summed E-state index contributed by atoms with van der Waals surface area (Å²) >= 11 is 1.74. The molecule has 0 spiro atoms. The molecule has 0 radical (unpaired) electrons. The first-order chi connectivity index (χ1) is 7.88. The number of rotatable bonds is 1. The van der Waals surface area contributed by atoms with Crippen molar-refractivity contribution in [3.05, 3.63) is 65.7 Å². The second kappa shape index (κ2) is 5.44. The SMILES string of the molecule is CSc1ccc(C#Cc2ccccc2)cc1. The summed E-state index contributed by atoms with van der Waals surface area (Å²) in [5.74, 6) is 6.29. The molecule has 0 aliphatic carbocycles. The standard InChI is InChI=1S/C15H12S/c1-16-15-11-9-14(10-12-15)8-7-13-5-3-2-4-6-13/h2-6,9-12H,1H3. The van der Waals surface area contributed by atoms with Crippen molar-refractivity contribution in [1.29, 1.82) is 0 Å². The van der Waals surface area contributed by atoms with Gasteiger partial charge in [0.2, 0.25) is 0 Å². The Morgan fingerprint density at radius 2 is 1.31 bits per heavy atom. The van der Waals surface area contributed by atoms with Crippen LogP contribution in [0.2, 0.25) is 0 Å². The van der Waals surface area contributed by atoms with Crippen molar-refractivity contribution < 1.29 is 0 Å². The van der Waals surface area contributed by atoms with Crippen molar-refractivity contribution in [1.82, 2.24) is 0 Å². The van der Waals surface area contributed by atoms with Gasteiger partial charge in [0.25, 0.3) is 0 Å². The Morgan fingerprint density at radius 1 is 0.750 bits per heavy atom. The predicted molar refractivity (Wildman–Crippen MR) is 70.6 cm³/mol. The van der Waals surface area contributed by atoms with Gasteiger partial charge < -0.3 is 0 Å². The van der Waals surface area contributed by atoms with Crippen LogP contribution in [0.3, 0.4) is 0 Å². The molecule has 16 heavy (non-hydrogen) atoms. The van der Waals surface area contributed by atoms with Gasteiger partial charge in [0, 0.05) is 16.0 Å². The lowest BCUT2D eigenvalue weighted by Gasteiger charge is -1.94. The van der Waals surface area contributed by atoms with Gasteiger partial charge in [0.1, 0.15) is 0 Å². The Labute approximate surface area is 101 Å². The third-order valence-corrected chi connectivity index (χ3v) is 2.96. The van der Waals surface area contributed by atoms with Crippen LogP contribution in [-0.4, -0.2) is 6.26 Å². The van der Waals surface area contributed by atoms with Crippen molar-refractivity contribution >= 4 is 11.8 Å². The normalized spacial score (nSPS) is 9.31. The van der Waals surface area contributed by atoms with Gasteiger partial charge in [-0.3, -0.25) is 0 Å². The summed E-state index contributed by atoms with van der Waals surface area (Å²) in [5.41, 5.74) is 2.11. The van der Waals surface area contributed by atoms with E-state index in [0.29, 0.717) is 0 Å². The molecule has 0 N–H and O–H groups in total. The molecule has 0 nitrogen and oxygen atoms in total. The maximum atomic E-state index is 3.15. The Kier molecular flexibility index (Phi) is 3.69. The average molecular weight is 224 g/mol. The molecule has 2 rings (SSSR count). The quantitative estimate of drug-likeness (QED) is 0.524. The van der Waals surface area contributed by atoms with E-state index in [1.165, 1.54) is 4.90 Å². The van der Waals surface area contributed by atoms with Crippen LogP contribution in [0.25, 0.3) is 0 Å². The molecule has 0 aliphatic rings. The molecule has 0 fully saturated rings. The first-order valence-electron chi connectivity index (χ1n) is 5.09. The Bertz CT molecular complexity index is 501. The molecule has 0 aliphatic heterocycles. The van der Waals surface area contributed by atoms with Crippen molar-refractivity contribution in [2.24, 2.45) is 0 Å². The number of hydrogen-bond donors (Lipinski definition) is 0. The zero-order valence-corrected chi connectivity index (χ0v) is 9.92. The van der Waals surface area contributed by atoms with Gasteiger partial charge in [0.05, 0.1) is 0 Å². The number of benzene rings is 2. The van der Waals surface area contributed by atoms with Crippen LogP contribution in [0.5, 0.6) is 0 Å². The topological polar surface area (TPSA) is 0 Å². The van der Waals surface area contributed by atoms with E-state index in [0.717, 1.165) is 11.1 Å². The summed E-state index contributed by atoms with van der Waals surface area (Å²) in [4.78, 5) is 1.27. The molecule has 0 amide bonds. The van der Waals surface area contributed by atoms with Crippen molar-refractivity contribution in [2.45, 2.75) is 4.90 Å². The zero-order chi connectivity index (χ0) is 11.2. The zero-order valence-electron chi connectivity index (χ0n) is 9.10. The highest BCUT2D eigenvalue weighted by Crippen LogP contribution is 2.14. The van der Waals surface area contributed by atoms with E-state index in [1.54, 1.807) is 11.8 Å². The average Bonchev–Trinajstić information content (AvgIpc) is 2.38. The van der Waals surface area contributed by atoms with E-state index >= 15 is 0 Å². The lowest BCUT2D eigenvalue weighted by molar-refractivity contribution is 1.45. The molecule has 1 heteroatoms. The Balaban J connectivity index is 2.18. The van der Waals surface area contributed by atoms with Gasteiger partial charge >= 0.3 is 0 Å². The monoisotopic (exact) mass is 224 g/mol. The van der Waals surface area contributed by atoms with Crippen LogP contribution >= 0.6 is 11.8 Å². The summed E-state index contributed by atoms with van der Waals surface area (Å²) in [6.07, 6.45) is 2.07. The lowest BCUT2D eigenvalue weighted by Crippen LogP contribution is -1.76. The highest BCUT2D eigenvalue weighted by molar-refractivity contribution is 7.98. The fourth-order valence-electron chi connectivity index (χ4n) is 1.34. The molecule has 2 aromatic carbocycles. The molecule has 2 aromatic rings. The van der Waals surface area contributed by atoms with E-state index < -0.39 is 0 Å². The van der Waals surface area contributed by atoms with Gasteiger partial charge in [-0.2, -0.15) is 0 Å². The van der Waals surface area contributed by atoms with Crippen molar-refractivity contribution in [3.63, 3.8) is 0 Å². The summed E-state index contributed by atoms with van der Waals surface area (Å²) in [5, 5.41) is 0. The largest absolute Gasteiger partial charge is 0.130 e. The van der Waals surface area contributed by atoms with Gasteiger partial charge in [0.15, 0.2) is 0 Å². The van der Waals surface area contributed by atoms with Crippen LogP contribution in [0, 0.1) is 11.8 Å². The predicted octanol–water partition coefficient (Wildman–Crippen LogP) is 3.81.